The standard InChI is InChI=1S/C108H205N2O22P/c1-7-13-19-25-31-37-43-45-51-57-63-69-75-81-97(116)126-91(79-73-67-61-55-49-41-35-29-23-17-11-5)85-96(115)110-102-106(131-100(119)86-92(80-74-68-62-56-50-42-36-30-24-18-12-6)127-98(117)82-76-70-64-58-52-46-44-38-32-26-20-14-8-2)104(132-133(122,123)124)93(87-111)129-108(102)125-88-94-103(120)105(130-99(118)84-90(113)78-72-66-60-54-48-40-34-28-22-16-10-4)101(107(121)128-94)109-95(114)83-89(112)77-71-65-59-53-47-39-33-27-21-15-9-3/h89-94,101-108,111-113,120-121H,7-88H2,1-6H3,(H,109,114)(H,110,115)(H2,122,123,124)/t89-,90-,91-,92-,93?,94?,101?,102+,103-,104-,105-,106?,107?,108-/m1/s1. The maximum Gasteiger partial charge on any atom is 0.470 e. The fourth-order valence-electron chi connectivity index (χ4n) is 18.8. The topological polar surface area (TPSA) is 359 Å². The number of amides is 2. The predicted octanol–water partition coefficient (Wildman–Crippen LogP) is 25.9. The molecule has 2 amide bonds. The third-order valence-electron chi connectivity index (χ3n) is 27.1. The van der Waals surface area contributed by atoms with Crippen molar-refractivity contribution in [3.05, 3.63) is 0 Å². The Morgan fingerprint density at radius 3 is 0.925 bits per heavy atom. The number of hydrogen-bond acceptors (Lipinski definition) is 20. The summed E-state index contributed by atoms with van der Waals surface area (Å²) in [6.07, 6.45) is 56.6. The van der Waals surface area contributed by atoms with Crippen LogP contribution in [0.4, 0.5) is 0 Å². The molecule has 2 rings (SSSR count). The van der Waals surface area contributed by atoms with E-state index in [-0.39, 0.29) is 25.7 Å². The molecule has 2 aliphatic rings. The van der Waals surface area contributed by atoms with Crippen LogP contribution < -0.4 is 10.6 Å². The zero-order valence-corrected chi connectivity index (χ0v) is 86.7. The molecule has 0 bridgehead atoms. The molecule has 0 spiro atoms. The molecular weight excluding hydrogens is 1710 g/mol. The molecule has 5 unspecified atom stereocenters. The number of hydrogen-bond donors (Lipinski definition) is 9. The van der Waals surface area contributed by atoms with Gasteiger partial charge in [0.2, 0.25) is 11.8 Å². The van der Waals surface area contributed by atoms with E-state index < -0.39 is 168 Å². The highest BCUT2D eigenvalue weighted by atomic mass is 31.2. The van der Waals surface area contributed by atoms with Crippen LogP contribution in [0, 0.1) is 0 Å². The summed E-state index contributed by atoms with van der Waals surface area (Å²) in [6, 6.07) is -3.47. The Labute approximate surface area is 810 Å². The zero-order chi connectivity index (χ0) is 97.1. The van der Waals surface area contributed by atoms with Gasteiger partial charge in [-0.15, -0.1) is 0 Å². The van der Waals surface area contributed by atoms with E-state index >= 15 is 9.59 Å². The average Bonchev–Trinajstić information content (AvgIpc) is 0.777. The molecule has 133 heavy (non-hydrogen) atoms. The van der Waals surface area contributed by atoms with Gasteiger partial charge in [-0.3, -0.25) is 33.3 Å². The van der Waals surface area contributed by atoms with Crippen LogP contribution in [0.2, 0.25) is 0 Å². The summed E-state index contributed by atoms with van der Waals surface area (Å²) >= 11 is 0. The number of phosphoric ester groups is 1. The lowest BCUT2D eigenvalue weighted by atomic mass is 9.95. The van der Waals surface area contributed by atoms with Gasteiger partial charge in [-0.1, -0.05) is 465 Å². The lowest BCUT2D eigenvalue weighted by molar-refractivity contribution is -0.298. The second kappa shape index (κ2) is 87.6. The third-order valence-corrected chi connectivity index (χ3v) is 27.6. The van der Waals surface area contributed by atoms with Gasteiger partial charge in [0.05, 0.1) is 51.1 Å². The van der Waals surface area contributed by atoms with Crippen molar-refractivity contribution in [1.82, 2.24) is 10.6 Å². The van der Waals surface area contributed by atoms with E-state index in [0.29, 0.717) is 51.4 Å². The van der Waals surface area contributed by atoms with Gasteiger partial charge in [-0.25, -0.2) is 4.57 Å². The number of aliphatic hydroxyl groups is 5. The van der Waals surface area contributed by atoms with Crippen LogP contribution in [0.5, 0.6) is 0 Å². The van der Waals surface area contributed by atoms with E-state index in [0.717, 1.165) is 167 Å². The van der Waals surface area contributed by atoms with Crippen molar-refractivity contribution < 1.29 is 106 Å². The number of unbranched alkanes of at least 4 members (excludes halogenated alkanes) is 64. The summed E-state index contributed by atoms with van der Waals surface area (Å²) in [6.45, 7) is 11.4. The minimum absolute atomic E-state index is 0.112. The van der Waals surface area contributed by atoms with Crippen molar-refractivity contribution in [2.45, 2.75) is 641 Å². The van der Waals surface area contributed by atoms with E-state index in [1.165, 1.54) is 244 Å². The molecular formula is C108H205N2O22P. The van der Waals surface area contributed by atoms with Gasteiger partial charge in [0.1, 0.15) is 48.7 Å². The molecule has 2 heterocycles. The first-order valence-corrected chi connectivity index (χ1v) is 57.5. The number of rotatable bonds is 96. The van der Waals surface area contributed by atoms with Crippen molar-refractivity contribution in [3.63, 3.8) is 0 Å². The fourth-order valence-corrected chi connectivity index (χ4v) is 19.4. The molecule has 14 atom stereocenters. The highest BCUT2D eigenvalue weighted by molar-refractivity contribution is 7.46. The summed E-state index contributed by atoms with van der Waals surface area (Å²) in [5.74, 6) is -4.52. The van der Waals surface area contributed by atoms with Gasteiger partial charge in [0.25, 0.3) is 0 Å². The molecule has 2 aliphatic heterocycles. The Bertz CT molecular complexity index is 2770. The molecule has 2 saturated heterocycles. The van der Waals surface area contributed by atoms with Crippen molar-refractivity contribution >= 4 is 43.5 Å². The van der Waals surface area contributed by atoms with Crippen LogP contribution in [0.15, 0.2) is 0 Å². The van der Waals surface area contributed by atoms with Gasteiger partial charge < -0.3 is 79.1 Å². The minimum Gasteiger partial charge on any atom is -0.462 e. The Morgan fingerprint density at radius 1 is 0.316 bits per heavy atom. The van der Waals surface area contributed by atoms with Crippen LogP contribution >= 0.6 is 7.82 Å². The van der Waals surface area contributed by atoms with Crippen LogP contribution in [0.25, 0.3) is 0 Å². The first kappa shape index (κ1) is 126. The van der Waals surface area contributed by atoms with E-state index in [9.17, 15) is 59.1 Å². The fraction of sp³-hybridized carbons (Fsp3) is 0.944. The van der Waals surface area contributed by atoms with Crippen LogP contribution in [0.3, 0.4) is 0 Å². The van der Waals surface area contributed by atoms with Crippen molar-refractivity contribution in [2.24, 2.45) is 0 Å². The molecule has 784 valence electrons. The summed E-state index contributed by atoms with van der Waals surface area (Å²) in [4.78, 5) is 108. The van der Waals surface area contributed by atoms with Gasteiger partial charge in [0.15, 0.2) is 24.8 Å². The molecule has 2 fully saturated rings. The third kappa shape index (κ3) is 70.8. The van der Waals surface area contributed by atoms with Gasteiger partial charge in [-0.2, -0.15) is 0 Å². The minimum atomic E-state index is -5.63. The normalized spacial score (nSPS) is 19.6. The van der Waals surface area contributed by atoms with E-state index in [1.54, 1.807) is 0 Å². The predicted molar refractivity (Wildman–Crippen MR) is 534 cm³/mol. The van der Waals surface area contributed by atoms with Crippen LogP contribution in [0.1, 0.15) is 555 Å². The number of ether oxygens (including phenoxy) is 7. The molecule has 25 heteroatoms. The van der Waals surface area contributed by atoms with Gasteiger partial charge >= 0.3 is 31.7 Å². The molecule has 9 N–H and O–H groups in total. The number of phosphoric acid groups is 1. The number of carbonyl (C=O) groups is 6. The van der Waals surface area contributed by atoms with Crippen molar-refractivity contribution in [3.8, 4) is 0 Å². The van der Waals surface area contributed by atoms with Gasteiger partial charge in [0, 0.05) is 12.8 Å². The zero-order valence-electron chi connectivity index (χ0n) is 85.8. The van der Waals surface area contributed by atoms with E-state index in [1.807, 2.05) is 0 Å². The molecule has 24 nitrogen and oxygen atoms in total. The van der Waals surface area contributed by atoms with Crippen LogP contribution in [-0.4, -0.2) is 170 Å². The molecule has 0 radical (unpaired) electrons. The maximum absolute atomic E-state index is 15.3. The number of nitrogens with one attached hydrogen (secondary N) is 2. The number of esters is 4. The summed E-state index contributed by atoms with van der Waals surface area (Å²) < 4.78 is 62.4. The molecule has 0 aromatic rings. The highest BCUT2D eigenvalue weighted by Gasteiger charge is 2.54. The smallest absolute Gasteiger partial charge is 0.462 e. The summed E-state index contributed by atoms with van der Waals surface area (Å²) in [5.41, 5.74) is 0. The van der Waals surface area contributed by atoms with E-state index in [2.05, 4.69) is 52.2 Å². The molecule has 0 aliphatic carbocycles. The second-order valence-electron chi connectivity index (χ2n) is 39.9. The first-order chi connectivity index (χ1) is 64.6. The molecule has 0 aromatic carbocycles. The molecule has 0 aromatic heterocycles. The van der Waals surface area contributed by atoms with Gasteiger partial charge in [-0.05, 0) is 51.4 Å². The largest absolute Gasteiger partial charge is 0.470 e. The van der Waals surface area contributed by atoms with Crippen molar-refractivity contribution in [1.29, 1.82) is 0 Å². The SMILES string of the molecule is CCCCCCCCCCCCCCCC(=O)O[C@H](CCCCCCCCCCCCC)CC(=O)N[C@H]1C(OC(=O)C[C@@H](CCCCCCCCCCCCC)OC(=O)CCCCCCCCCCCCCCC)[C@H](OP(=O)(O)O)C(CO)O[C@H]1OCC1OC(O)C(NC(=O)C[C@H](O)CCCCCCCCCCCCC)[C@@H](OC(=O)C[C@H](O)CCCCCCCCCCCCC)[C@@H]1O. The second-order valence-corrected chi connectivity index (χ2v) is 41.1. The van der Waals surface area contributed by atoms with Crippen LogP contribution in [-0.2, 0) is 71.0 Å². The highest BCUT2D eigenvalue weighted by Crippen LogP contribution is 2.43. The lowest BCUT2D eigenvalue weighted by Gasteiger charge is -2.46. The average molecular weight is 1910 g/mol. The Balaban J connectivity index is 2.73. The Kier molecular flexibility index (Phi) is 82.8. The Morgan fingerprint density at radius 2 is 0.594 bits per heavy atom. The first-order valence-electron chi connectivity index (χ1n) is 56.0. The summed E-state index contributed by atoms with van der Waals surface area (Å²) in [7, 11) is -5.63. The van der Waals surface area contributed by atoms with Crippen molar-refractivity contribution in [2.75, 3.05) is 13.2 Å². The summed E-state index contributed by atoms with van der Waals surface area (Å²) in [5, 5.41) is 63.8. The van der Waals surface area contributed by atoms with E-state index in [4.69, 9.17) is 37.7 Å². The monoisotopic (exact) mass is 1910 g/mol. The maximum atomic E-state index is 15.3. The molecule has 0 saturated carbocycles. The Hall–Kier alpha value is -3.39. The quantitative estimate of drug-likeness (QED) is 0.0118. The lowest BCUT2D eigenvalue weighted by Crippen LogP contribution is -2.68. The number of carbonyl (C=O) groups excluding carboxylic acids is 6. The number of aliphatic hydroxyl groups excluding tert-OH is 5.